The zero-order valence-corrected chi connectivity index (χ0v) is 20.3. The number of aryl methyl sites for hydroxylation is 1. The number of amides is 1. The van der Waals surface area contributed by atoms with E-state index in [2.05, 4.69) is 21.3 Å². The second-order valence-electron chi connectivity index (χ2n) is 10.6. The van der Waals surface area contributed by atoms with Crippen molar-refractivity contribution in [3.63, 3.8) is 0 Å². The van der Waals surface area contributed by atoms with E-state index >= 15 is 0 Å². The van der Waals surface area contributed by atoms with E-state index in [1.165, 1.54) is 6.07 Å². The molecule has 3 aliphatic rings. The van der Waals surface area contributed by atoms with Crippen molar-refractivity contribution in [1.29, 1.82) is 5.26 Å². The number of benzene rings is 1. The number of nitrogens with one attached hydrogen (secondary N) is 1. The lowest BCUT2D eigenvalue weighted by molar-refractivity contribution is -0.137. The number of hydrogen-bond donors (Lipinski definition) is 1. The Morgan fingerprint density at radius 3 is 2.58 bits per heavy atom. The number of carbonyl (C=O) groups excluding carboxylic acids is 1. The number of pyridine rings is 1. The Bertz CT molecular complexity index is 1160. The average molecular weight is 498 g/mol. The van der Waals surface area contributed by atoms with Gasteiger partial charge in [0.05, 0.1) is 22.9 Å². The summed E-state index contributed by atoms with van der Waals surface area (Å²) >= 11 is 0. The number of piperidine rings is 1. The third kappa shape index (κ3) is 5.19. The highest BCUT2D eigenvalue weighted by Crippen LogP contribution is 2.46. The summed E-state index contributed by atoms with van der Waals surface area (Å²) in [5, 5.41) is 12.2. The number of carbonyl (C=O) groups is 1. The molecule has 5 rings (SSSR count). The Morgan fingerprint density at radius 2 is 1.97 bits per heavy atom. The maximum atomic E-state index is 13.7. The van der Waals surface area contributed by atoms with E-state index in [4.69, 9.17) is 0 Å². The van der Waals surface area contributed by atoms with Crippen molar-refractivity contribution in [3.05, 3.63) is 58.9 Å². The molecule has 0 bridgehead atoms. The Hall–Kier alpha value is -3.12. The second-order valence-corrected chi connectivity index (χ2v) is 10.6. The second kappa shape index (κ2) is 9.40. The van der Waals surface area contributed by atoms with Gasteiger partial charge in [0.2, 0.25) is 5.91 Å². The molecule has 1 aromatic heterocycles. The molecule has 1 unspecified atom stereocenters. The van der Waals surface area contributed by atoms with Crippen LogP contribution >= 0.6 is 0 Å². The molecule has 3 fully saturated rings. The maximum Gasteiger partial charge on any atom is 0.417 e. The molecule has 36 heavy (non-hydrogen) atoms. The summed E-state index contributed by atoms with van der Waals surface area (Å²) < 4.78 is 41.0. The quantitative estimate of drug-likeness (QED) is 0.662. The number of hydrogen-bond acceptors (Lipinski definition) is 5. The predicted octanol–water partition coefficient (Wildman–Crippen LogP) is 4.42. The smallest absolute Gasteiger partial charge is 0.359 e. The van der Waals surface area contributed by atoms with Gasteiger partial charge in [-0.05, 0) is 87.4 Å². The molecule has 2 aromatic rings. The van der Waals surface area contributed by atoms with Crippen LogP contribution in [0.1, 0.15) is 54.5 Å². The number of nitrogens with zero attached hydrogens (tertiary/aromatic N) is 4. The molecule has 3 heterocycles. The molecule has 2 saturated heterocycles. The van der Waals surface area contributed by atoms with Crippen molar-refractivity contribution in [2.75, 3.05) is 24.5 Å². The fourth-order valence-electron chi connectivity index (χ4n) is 5.50. The van der Waals surface area contributed by atoms with E-state index < -0.39 is 23.3 Å². The van der Waals surface area contributed by atoms with E-state index in [0.29, 0.717) is 18.7 Å². The molecule has 1 aliphatic carbocycles. The van der Waals surface area contributed by atoms with Gasteiger partial charge in [-0.3, -0.25) is 14.7 Å². The average Bonchev–Trinajstić information content (AvgIpc) is 3.59. The van der Waals surface area contributed by atoms with Gasteiger partial charge in [-0.1, -0.05) is 6.07 Å². The molecule has 1 N–H and O–H groups in total. The molecule has 6 nitrogen and oxygen atoms in total. The Labute approximate surface area is 209 Å². The number of nitriles is 1. The first kappa shape index (κ1) is 24.6. The molecule has 1 aromatic carbocycles. The Balaban J connectivity index is 1.36. The highest BCUT2D eigenvalue weighted by atomic mass is 19.4. The van der Waals surface area contributed by atoms with Gasteiger partial charge in [-0.25, -0.2) is 0 Å². The molecule has 9 heteroatoms. The number of aromatic nitrogens is 1. The number of rotatable bonds is 5. The molecule has 2 aliphatic heterocycles. The molecule has 1 spiro atoms. The van der Waals surface area contributed by atoms with Crippen molar-refractivity contribution in [2.45, 2.75) is 63.8 Å². The predicted molar refractivity (Wildman–Crippen MR) is 129 cm³/mol. The van der Waals surface area contributed by atoms with E-state index in [-0.39, 0.29) is 17.4 Å². The van der Waals surface area contributed by atoms with Crippen LogP contribution in [0.4, 0.5) is 18.9 Å². The van der Waals surface area contributed by atoms with Gasteiger partial charge >= 0.3 is 6.18 Å². The fourth-order valence-corrected chi connectivity index (χ4v) is 5.50. The van der Waals surface area contributed by atoms with Gasteiger partial charge in [0, 0.05) is 31.0 Å². The number of anilines is 1. The third-order valence-electron chi connectivity index (χ3n) is 7.77. The van der Waals surface area contributed by atoms with E-state index in [0.717, 1.165) is 62.6 Å². The molecule has 190 valence electrons. The SMILES string of the molecule is Cc1ccc(CN2CCC3(CC2)CC(C(=O)NC2CC2)N(c2ccc(C#N)c(C(F)(F)F)c2)C3)nc1. The summed E-state index contributed by atoms with van der Waals surface area (Å²) in [5.41, 5.74) is 0.982. The minimum Gasteiger partial charge on any atom is -0.359 e. The lowest BCUT2D eigenvalue weighted by Crippen LogP contribution is -2.44. The summed E-state index contributed by atoms with van der Waals surface area (Å²) in [6.45, 7) is 4.99. The van der Waals surface area contributed by atoms with Crippen LogP contribution in [0, 0.1) is 23.7 Å². The Kier molecular flexibility index (Phi) is 6.41. The molecule has 1 amide bonds. The summed E-state index contributed by atoms with van der Waals surface area (Å²) in [4.78, 5) is 21.9. The minimum atomic E-state index is -4.64. The molecule has 1 atom stereocenters. The summed E-state index contributed by atoms with van der Waals surface area (Å²) in [6, 6.07) is 9.19. The van der Waals surface area contributed by atoms with Gasteiger partial charge in [-0.15, -0.1) is 0 Å². The molecule has 1 saturated carbocycles. The first-order chi connectivity index (χ1) is 17.2. The van der Waals surface area contributed by atoms with E-state index in [1.54, 1.807) is 12.1 Å². The first-order valence-electron chi connectivity index (χ1n) is 12.5. The normalized spacial score (nSPS) is 22.0. The van der Waals surface area contributed by atoms with Crippen molar-refractivity contribution < 1.29 is 18.0 Å². The highest BCUT2D eigenvalue weighted by Gasteiger charge is 2.49. The van der Waals surface area contributed by atoms with Crippen LogP contribution in [-0.4, -0.2) is 47.5 Å². The zero-order chi connectivity index (χ0) is 25.5. The van der Waals surface area contributed by atoms with Crippen LogP contribution in [0.5, 0.6) is 0 Å². The van der Waals surface area contributed by atoms with Gasteiger partial charge in [0.15, 0.2) is 0 Å². The van der Waals surface area contributed by atoms with Crippen molar-refractivity contribution in [3.8, 4) is 6.07 Å². The van der Waals surface area contributed by atoms with Gasteiger partial charge < -0.3 is 10.2 Å². The van der Waals surface area contributed by atoms with E-state index in [9.17, 15) is 23.2 Å². The van der Waals surface area contributed by atoms with Crippen molar-refractivity contribution >= 4 is 11.6 Å². The van der Waals surface area contributed by atoms with Gasteiger partial charge in [-0.2, -0.15) is 18.4 Å². The molecule has 0 radical (unpaired) electrons. The maximum absolute atomic E-state index is 13.7. The van der Waals surface area contributed by atoms with Crippen LogP contribution in [0.3, 0.4) is 0 Å². The largest absolute Gasteiger partial charge is 0.417 e. The van der Waals surface area contributed by atoms with Crippen molar-refractivity contribution in [2.24, 2.45) is 5.41 Å². The standard InChI is InChI=1S/C27H30F3N5O/c1-18-2-4-21(32-15-18)16-34-10-8-26(9-11-34)13-24(25(36)33-20-5-6-20)35(17-26)22-7-3-19(14-31)23(12-22)27(28,29)30/h2-4,7,12,15,20,24H,5-6,8-11,13,16-17H2,1H3,(H,33,36). The molecular formula is C27H30F3N5O. The van der Waals surface area contributed by atoms with Gasteiger partial charge in [0.1, 0.15) is 6.04 Å². The fraction of sp³-hybridized carbons (Fsp3) is 0.519. The minimum absolute atomic E-state index is 0.112. The summed E-state index contributed by atoms with van der Waals surface area (Å²) in [5.74, 6) is -0.112. The number of likely N-dealkylation sites (tertiary alicyclic amines) is 1. The van der Waals surface area contributed by atoms with Crippen LogP contribution in [0.25, 0.3) is 0 Å². The lowest BCUT2D eigenvalue weighted by atomic mass is 9.76. The zero-order valence-electron chi connectivity index (χ0n) is 20.3. The topological polar surface area (TPSA) is 72.3 Å². The summed E-state index contributed by atoms with van der Waals surface area (Å²) in [7, 11) is 0. The monoisotopic (exact) mass is 497 g/mol. The van der Waals surface area contributed by atoms with E-state index in [1.807, 2.05) is 24.1 Å². The highest BCUT2D eigenvalue weighted by molar-refractivity contribution is 5.86. The number of alkyl halides is 3. The molecular weight excluding hydrogens is 467 g/mol. The van der Waals surface area contributed by atoms with Gasteiger partial charge in [0.25, 0.3) is 0 Å². The first-order valence-corrected chi connectivity index (χ1v) is 12.5. The van der Waals surface area contributed by atoms with Crippen LogP contribution in [0.2, 0.25) is 0 Å². The van der Waals surface area contributed by atoms with Crippen LogP contribution in [0.15, 0.2) is 36.5 Å². The van der Waals surface area contributed by atoms with Crippen molar-refractivity contribution in [1.82, 2.24) is 15.2 Å². The van der Waals surface area contributed by atoms with Crippen LogP contribution < -0.4 is 10.2 Å². The number of halogens is 3. The lowest BCUT2D eigenvalue weighted by Gasteiger charge is -2.39. The Morgan fingerprint density at radius 1 is 1.22 bits per heavy atom. The third-order valence-corrected chi connectivity index (χ3v) is 7.77. The van der Waals surface area contributed by atoms with Crippen LogP contribution in [-0.2, 0) is 17.5 Å². The summed E-state index contributed by atoms with van der Waals surface area (Å²) in [6.07, 6.45) is 1.46.